The third kappa shape index (κ3) is 2.94. The van der Waals surface area contributed by atoms with Gasteiger partial charge < -0.3 is 5.11 Å². The molecule has 2 rings (SSSR count). The molecule has 2 aromatic carbocycles. The standard InChI is InChI=1S/C14H13BrO/c15-14-6-4-11(5-7-14)8-12-2-1-3-13(9-12)10-16/h1-7,9,16H,8,10H2. The van der Waals surface area contributed by atoms with Gasteiger partial charge in [0.1, 0.15) is 0 Å². The molecule has 0 aliphatic rings. The molecule has 0 aromatic heterocycles. The van der Waals surface area contributed by atoms with Crippen LogP contribution in [0.4, 0.5) is 0 Å². The van der Waals surface area contributed by atoms with Crippen LogP contribution in [0.15, 0.2) is 53.0 Å². The summed E-state index contributed by atoms with van der Waals surface area (Å²) in [5.74, 6) is 0. The molecule has 0 unspecified atom stereocenters. The Morgan fingerprint density at radius 1 is 0.875 bits per heavy atom. The first-order chi connectivity index (χ1) is 7.78. The van der Waals surface area contributed by atoms with E-state index < -0.39 is 0 Å². The Hall–Kier alpha value is -1.12. The number of hydrogen-bond donors (Lipinski definition) is 1. The Morgan fingerprint density at radius 3 is 2.25 bits per heavy atom. The third-order valence-corrected chi connectivity index (χ3v) is 3.02. The summed E-state index contributed by atoms with van der Waals surface area (Å²) >= 11 is 3.42. The second kappa shape index (κ2) is 5.28. The normalized spacial score (nSPS) is 10.4. The lowest BCUT2D eigenvalue weighted by atomic mass is 10.0. The topological polar surface area (TPSA) is 20.2 Å². The van der Waals surface area contributed by atoms with Crippen LogP contribution < -0.4 is 0 Å². The van der Waals surface area contributed by atoms with Crippen molar-refractivity contribution in [2.24, 2.45) is 0 Å². The van der Waals surface area contributed by atoms with E-state index in [1.807, 2.05) is 30.3 Å². The van der Waals surface area contributed by atoms with Crippen molar-refractivity contribution < 1.29 is 5.11 Å². The van der Waals surface area contributed by atoms with Gasteiger partial charge in [-0.15, -0.1) is 0 Å². The van der Waals surface area contributed by atoms with Gasteiger partial charge >= 0.3 is 0 Å². The second-order valence-electron chi connectivity index (χ2n) is 3.78. The first kappa shape index (κ1) is 11.4. The number of aliphatic hydroxyl groups is 1. The zero-order chi connectivity index (χ0) is 11.4. The van der Waals surface area contributed by atoms with Crippen LogP contribution in [-0.2, 0) is 13.0 Å². The van der Waals surface area contributed by atoms with Crippen molar-refractivity contribution in [3.8, 4) is 0 Å². The molecule has 1 nitrogen and oxygen atoms in total. The SMILES string of the molecule is OCc1cccc(Cc2ccc(Br)cc2)c1. The summed E-state index contributed by atoms with van der Waals surface area (Å²) in [4.78, 5) is 0. The van der Waals surface area contributed by atoms with Crippen molar-refractivity contribution in [3.05, 3.63) is 69.7 Å². The van der Waals surface area contributed by atoms with Gasteiger partial charge in [-0.3, -0.25) is 0 Å². The molecule has 82 valence electrons. The zero-order valence-electron chi connectivity index (χ0n) is 8.86. The molecule has 2 heteroatoms. The maximum Gasteiger partial charge on any atom is 0.0681 e. The van der Waals surface area contributed by atoms with E-state index in [2.05, 4.69) is 34.1 Å². The highest BCUT2D eigenvalue weighted by Gasteiger charge is 1.98. The van der Waals surface area contributed by atoms with Crippen molar-refractivity contribution in [2.75, 3.05) is 0 Å². The van der Waals surface area contributed by atoms with Crippen molar-refractivity contribution >= 4 is 15.9 Å². The minimum Gasteiger partial charge on any atom is -0.392 e. The fourth-order valence-electron chi connectivity index (χ4n) is 1.68. The number of aliphatic hydroxyl groups excluding tert-OH is 1. The van der Waals surface area contributed by atoms with Crippen LogP contribution in [0, 0.1) is 0 Å². The molecule has 2 aromatic rings. The minimum atomic E-state index is 0.105. The van der Waals surface area contributed by atoms with E-state index in [9.17, 15) is 0 Å². The van der Waals surface area contributed by atoms with Gasteiger partial charge in [-0.2, -0.15) is 0 Å². The molecule has 0 bridgehead atoms. The molecule has 0 fully saturated rings. The van der Waals surface area contributed by atoms with Crippen molar-refractivity contribution in [1.82, 2.24) is 0 Å². The van der Waals surface area contributed by atoms with Crippen LogP contribution in [0.3, 0.4) is 0 Å². The molecule has 0 atom stereocenters. The van der Waals surface area contributed by atoms with Crippen LogP contribution in [0.1, 0.15) is 16.7 Å². The van der Waals surface area contributed by atoms with Crippen LogP contribution in [0.5, 0.6) is 0 Å². The van der Waals surface area contributed by atoms with E-state index in [-0.39, 0.29) is 6.61 Å². The Kier molecular flexibility index (Phi) is 3.75. The summed E-state index contributed by atoms with van der Waals surface area (Å²) in [7, 11) is 0. The van der Waals surface area contributed by atoms with Crippen LogP contribution >= 0.6 is 15.9 Å². The first-order valence-corrected chi connectivity index (χ1v) is 6.00. The van der Waals surface area contributed by atoms with Gasteiger partial charge in [0.2, 0.25) is 0 Å². The molecule has 0 radical (unpaired) electrons. The average Bonchev–Trinajstić information content (AvgIpc) is 2.32. The Labute approximate surface area is 104 Å². The van der Waals surface area contributed by atoms with Crippen molar-refractivity contribution in [1.29, 1.82) is 0 Å². The number of rotatable bonds is 3. The first-order valence-electron chi connectivity index (χ1n) is 5.21. The van der Waals surface area contributed by atoms with Gasteiger partial charge in [0, 0.05) is 4.47 Å². The van der Waals surface area contributed by atoms with Crippen molar-refractivity contribution in [2.45, 2.75) is 13.0 Å². The Bertz CT molecular complexity index is 462. The van der Waals surface area contributed by atoms with E-state index in [4.69, 9.17) is 5.11 Å². The number of hydrogen-bond acceptors (Lipinski definition) is 1. The molecule has 0 aliphatic heterocycles. The molecule has 16 heavy (non-hydrogen) atoms. The highest BCUT2D eigenvalue weighted by Crippen LogP contribution is 2.15. The molecule has 0 spiro atoms. The lowest BCUT2D eigenvalue weighted by molar-refractivity contribution is 0.281. The number of benzene rings is 2. The molecular formula is C14H13BrO. The smallest absolute Gasteiger partial charge is 0.0681 e. The molecule has 0 saturated carbocycles. The van der Waals surface area contributed by atoms with E-state index in [1.54, 1.807) is 0 Å². The lowest BCUT2D eigenvalue weighted by Crippen LogP contribution is -1.90. The van der Waals surface area contributed by atoms with E-state index in [0.717, 1.165) is 16.5 Å². The molecule has 0 saturated heterocycles. The fraction of sp³-hybridized carbons (Fsp3) is 0.143. The Morgan fingerprint density at radius 2 is 1.56 bits per heavy atom. The zero-order valence-corrected chi connectivity index (χ0v) is 10.4. The largest absolute Gasteiger partial charge is 0.392 e. The Balaban J connectivity index is 2.16. The monoisotopic (exact) mass is 276 g/mol. The van der Waals surface area contributed by atoms with E-state index >= 15 is 0 Å². The van der Waals surface area contributed by atoms with Crippen LogP contribution in [0.2, 0.25) is 0 Å². The van der Waals surface area contributed by atoms with Gasteiger partial charge in [0.25, 0.3) is 0 Å². The highest BCUT2D eigenvalue weighted by molar-refractivity contribution is 9.10. The highest BCUT2D eigenvalue weighted by atomic mass is 79.9. The molecular weight excluding hydrogens is 264 g/mol. The molecule has 0 aliphatic carbocycles. The minimum absolute atomic E-state index is 0.105. The predicted molar refractivity (Wildman–Crippen MR) is 69.3 cm³/mol. The average molecular weight is 277 g/mol. The van der Waals surface area contributed by atoms with Gasteiger partial charge in [-0.1, -0.05) is 52.3 Å². The summed E-state index contributed by atoms with van der Waals surface area (Å²) < 4.78 is 1.10. The lowest BCUT2D eigenvalue weighted by Gasteiger charge is -2.04. The van der Waals surface area contributed by atoms with Crippen LogP contribution in [-0.4, -0.2) is 5.11 Å². The molecule has 0 amide bonds. The predicted octanol–water partition coefficient (Wildman–Crippen LogP) is 3.53. The third-order valence-electron chi connectivity index (χ3n) is 2.50. The molecule has 0 heterocycles. The fourth-order valence-corrected chi connectivity index (χ4v) is 1.94. The summed E-state index contributed by atoms with van der Waals surface area (Å²) in [6.45, 7) is 0.105. The summed E-state index contributed by atoms with van der Waals surface area (Å²) in [5, 5.41) is 9.06. The summed E-state index contributed by atoms with van der Waals surface area (Å²) in [5.41, 5.74) is 3.47. The van der Waals surface area contributed by atoms with Gasteiger partial charge in [-0.05, 0) is 35.2 Å². The summed E-state index contributed by atoms with van der Waals surface area (Å²) in [6.07, 6.45) is 0.904. The maximum atomic E-state index is 9.06. The van der Waals surface area contributed by atoms with Gasteiger partial charge in [-0.25, -0.2) is 0 Å². The van der Waals surface area contributed by atoms with Gasteiger partial charge in [0.05, 0.1) is 6.61 Å². The van der Waals surface area contributed by atoms with E-state index in [1.165, 1.54) is 11.1 Å². The maximum absolute atomic E-state index is 9.06. The van der Waals surface area contributed by atoms with Crippen molar-refractivity contribution in [3.63, 3.8) is 0 Å². The quantitative estimate of drug-likeness (QED) is 0.910. The van der Waals surface area contributed by atoms with Gasteiger partial charge in [0.15, 0.2) is 0 Å². The molecule has 1 N–H and O–H groups in total. The number of halogens is 1. The second-order valence-corrected chi connectivity index (χ2v) is 4.70. The van der Waals surface area contributed by atoms with E-state index in [0.29, 0.717) is 0 Å². The van der Waals surface area contributed by atoms with Crippen LogP contribution in [0.25, 0.3) is 0 Å². The summed E-state index contributed by atoms with van der Waals surface area (Å²) in [6, 6.07) is 16.4.